The van der Waals surface area contributed by atoms with E-state index in [0.717, 1.165) is 11.8 Å². The molecule has 2 heterocycles. The lowest BCUT2D eigenvalue weighted by molar-refractivity contribution is -0.387. The van der Waals surface area contributed by atoms with Crippen molar-refractivity contribution in [1.29, 1.82) is 0 Å². The summed E-state index contributed by atoms with van der Waals surface area (Å²) < 4.78 is 31.2. The molecular weight excluding hydrogens is 348 g/mol. The summed E-state index contributed by atoms with van der Waals surface area (Å²) in [4.78, 5) is 12.4. The molecule has 1 aliphatic rings. The summed E-state index contributed by atoms with van der Waals surface area (Å²) in [5, 5.41) is 15.7. The van der Waals surface area contributed by atoms with Crippen molar-refractivity contribution in [2.24, 2.45) is 7.05 Å². The van der Waals surface area contributed by atoms with Crippen molar-refractivity contribution in [1.82, 2.24) is 9.78 Å². The molecule has 0 aliphatic carbocycles. The molecule has 1 unspecified atom stereocenters. The summed E-state index contributed by atoms with van der Waals surface area (Å²) in [6.07, 6.45) is 4.20. The second kappa shape index (κ2) is 6.45. The maximum absolute atomic E-state index is 11.9. The van der Waals surface area contributed by atoms with Crippen LogP contribution in [0, 0.1) is 10.1 Å². The summed E-state index contributed by atoms with van der Waals surface area (Å²) in [6.45, 7) is 1.18. The van der Waals surface area contributed by atoms with Crippen LogP contribution in [0.4, 0.5) is 11.4 Å². The number of benzene rings is 1. The minimum absolute atomic E-state index is 0.278. The Morgan fingerprint density at radius 3 is 2.76 bits per heavy atom. The molecule has 10 heteroatoms. The fourth-order valence-corrected chi connectivity index (χ4v) is 3.78. The first kappa shape index (κ1) is 17.4. The topological polar surface area (TPSA) is 108 Å². The smallest absolute Gasteiger partial charge is 0.311 e. The zero-order chi connectivity index (χ0) is 18.2. The SMILES string of the molecule is Cn1cc(C2CN(c3cccc(S(C)(=O)=O)c3[N+](=O)[O-])CCO2)cn1. The number of hydrogen-bond donors (Lipinski definition) is 0. The number of aryl methyl sites for hydroxylation is 1. The molecular formula is C15H18N4O5S. The number of rotatable bonds is 4. The Hall–Kier alpha value is -2.46. The molecule has 0 radical (unpaired) electrons. The first-order chi connectivity index (χ1) is 11.8. The van der Waals surface area contributed by atoms with Gasteiger partial charge in [0.15, 0.2) is 9.84 Å². The molecule has 3 rings (SSSR count). The highest BCUT2D eigenvalue weighted by Crippen LogP contribution is 2.36. The Morgan fingerprint density at radius 2 is 2.16 bits per heavy atom. The molecule has 0 N–H and O–H groups in total. The predicted molar refractivity (Wildman–Crippen MR) is 90.3 cm³/mol. The number of sulfone groups is 1. The van der Waals surface area contributed by atoms with E-state index in [-0.39, 0.29) is 16.7 Å². The van der Waals surface area contributed by atoms with Crippen LogP contribution < -0.4 is 4.90 Å². The molecule has 9 nitrogen and oxygen atoms in total. The van der Waals surface area contributed by atoms with E-state index in [9.17, 15) is 18.5 Å². The maximum atomic E-state index is 11.9. The van der Waals surface area contributed by atoms with Crippen molar-refractivity contribution in [2.45, 2.75) is 11.0 Å². The van der Waals surface area contributed by atoms with E-state index in [1.54, 1.807) is 28.9 Å². The van der Waals surface area contributed by atoms with Gasteiger partial charge in [0.05, 0.1) is 17.7 Å². The molecule has 1 aromatic carbocycles. The average Bonchev–Trinajstić information content (AvgIpc) is 3.00. The van der Waals surface area contributed by atoms with Gasteiger partial charge in [0.2, 0.25) is 0 Å². The minimum atomic E-state index is -3.71. The Morgan fingerprint density at radius 1 is 1.40 bits per heavy atom. The van der Waals surface area contributed by atoms with Gasteiger partial charge < -0.3 is 9.64 Å². The number of aromatic nitrogens is 2. The highest BCUT2D eigenvalue weighted by atomic mass is 32.2. The molecule has 1 atom stereocenters. The third kappa shape index (κ3) is 3.49. The van der Waals surface area contributed by atoms with Gasteiger partial charge in [-0.2, -0.15) is 5.10 Å². The lowest BCUT2D eigenvalue weighted by atomic mass is 10.1. The number of nitro benzene ring substituents is 1. The molecule has 1 fully saturated rings. The number of nitrogens with zero attached hydrogens (tertiary/aromatic N) is 4. The van der Waals surface area contributed by atoms with E-state index < -0.39 is 20.4 Å². The molecule has 0 amide bonds. The molecule has 0 saturated carbocycles. The van der Waals surface area contributed by atoms with Crippen molar-refractivity contribution in [3.8, 4) is 0 Å². The van der Waals surface area contributed by atoms with E-state index >= 15 is 0 Å². The zero-order valence-corrected chi connectivity index (χ0v) is 14.6. The van der Waals surface area contributed by atoms with Crippen LogP contribution in [0.5, 0.6) is 0 Å². The fraction of sp³-hybridized carbons (Fsp3) is 0.400. The average molecular weight is 366 g/mol. The van der Waals surface area contributed by atoms with Crippen LogP contribution >= 0.6 is 0 Å². The lowest BCUT2D eigenvalue weighted by Crippen LogP contribution is -2.38. The normalized spacial score (nSPS) is 18.3. The molecule has 1 aliphatic heterocycles. The fourth-order valence-electron chi connectivity index (χ4n) is 2.92. The van der Waals surface area contributed by atoms with Gasteiger partial charge in [-0.05, 0) is 12.1 Å². The molecule has 1 saturated heterocycles. The summed E-state index contributed by atoms with van der Waals surface area (Å²) in [5.41, 5.74) is 0.760. The van der Waals surface area contributed by atoms with Gasteiger partial charge in [-0.25, -0.2) is 8.42 Å². The third-order valence-corrected chi connectivity index (χ3v) is 5.19. The maximum Gasteiger partial charge on any atom is 0.311 e. The van der Waals surface area contributed by atoms with Gasteiger partial charge in [0.1, 0.15) is 16.7 Å². The van der Waals surface area contributed by atoms with Crippen molar-refractivity contribution in [2.75, 3.05) is 30.9 Å². The van der Waals surface area contributed by atoms with Crippen molar-refractivity contribution < 1.29 is 18.1 Å². The Balaban J connectivity index is 2.00. The van der Waals surface area contributed by atoms with Crippen LogP contribution in [0.3, 0.4) is 0 Å². The van der Waals surface area contributed by atoms with Gasteiger partial charge >= 0.3 is 5.69 Å². The molecule has 134 valence electrons. The van der Waals surface area contributed by atoms with E-state index in [4.69, 9.17) is 4.74 Å². The second-order valence-corrected chi connectivity index (χ2v) is 7.89. The standard InChI is InChI=1S/C15H18N4O5S/c1-17-9-11(8-16-17)13-10-18(6-7-24-13)12-4-3-5-14(25(2,22)23)15(12)19(20)21/h3-5,8-9,13H,6-7,10H2,1-2H3. The molecule has 25 heavy (non-hydrogen) atoms. The number of ether oxygens (including phenoxy) is 1. The number of morpholine rings is 1. The first-order valence-corrected chi connectivity index (χ1v) is 9.49. The summed E-state index contributed by atoms with van der Waals surface area (Å²) >= 11 is 0. The Kier molecular flexibility index (Phi) is 4.48. The first-order valence-electron chi connectivity index (χ1n) is 7.60. The largest absolute Gasteiger partial charge is 0.370 e. The van der Waals surface area contributed by atoms with Crippen molar-refractivity contribution in [3.05, 3.63) is 46.3 Å². The number of hydrogen-bond acceptors (Lipinski definition) is 7. The quantitative estimate of drug-likeness (QED) is 0.593. The highest BCUT2D eigenvalue weighted by Gasteiger charge is 2.32. The summed E-state index contributed by atoms with van der Waals surface area (Å²) in [7, 11) is -1.92. The number of para-hydroxylation sites is 1. The van der Waals surface area contributed by atoms with Crippen molar-refractivity contribution in [3.63, 3.8) is 0 Å². The van der Waals surface area contributed by atoms with E-state index in [0.29, 0.717) is 19.7 Å². The van der Waals surface area contributed by atoms with Crippen LogP contribution in [0.2, 0.25) is 0 Å². The van der Waals surface area contributed by atoms with E-state index in [2.05, 4.69) is 5.10 Å². The lowest BCUT2D eigenvalue weighted by Gasteiger charge is -2.34. The van der Waals surface area contributed by atoms with Crippen LogP contribution in [0.25, 0.3) is 0 Å². The Bertz CT molecular complexity index is 908. The van der Waals surface area contributed by atoms with Crippen LogP contribution in [0.1, 0.15) is 11.7 Å². The van der Waals surface area contributed by atoms with E-state index in [1.807, 2.05) is 6.20 Å². The van der Waals surface area contributed by atoms with Gasteiger partial charge in [-0.3, -0.25) is 14.8 Å². The highest BCUT2D eigenvalue weighted by molar-refractivity contribution is 7.90. The predicted octanol–water partition coefficient (Wildman–Crippen LogP) is 1.31. The Labute approximate surface area is 144 Å². The van der Waals surface area contributed by atoms with Gasteiger partial charge in [-0.15, -0.1) is 0 Å². The molecule has 0 spiro atoms. The second-order valence-electron chi connectivity index (χ2n) is 5.91. The zero-order valence-electron chi connectivity index (χ0n) is 13.8. The van der Waals surface area contributed by atoms with Crippen LogP contribution in [0.15, 0.2) is 35.5 Å². The summed E-state index contributed by atoms with van der Waals surface area (Å²) in [6, 6.07) is 4.35. The molecule has 2 aromatic rings. The third-order valence-electron chi connectivity index (χ3n) is 4.06. The van der Waals surface area contributed by atoms with Gasteiger partial charge in [-0.1, -0.05) is 6.07 Å². The van der Waals surface area contributed by atoms with Crippen LogP contribution in [-0.2, 0) is 21.6 Å². The van der Waals surface area contributed by atoms with Gasteiger partial charge in [0.25, 0.3) is 0 Å². The van der Waals surface area contributed by atoms with Crippen molar-refractivity contribution >= 4 is 21.2 Å². The van der Waals surface area contributed by atoms with E-state index in [1.165, 1.54) is 12.1 Å². The minimum Gasteiger partial charge on any atom is -0.370 e. The summed E-state index contributed by atoms with van der Waals surface area (Å²) in [5.74, 6) is 0. The monoisotopic (exact) mass is 366 g/mol. The van der Waals surface area contributed by atoms with Gasteiger partial charge in [0, 0.05) is 38.2 Å². The molecule has 0 bridgehead atoms. The molecule has 1 aromatic heterocycles. The van der Waals surface area contributed by atoms with Crippen LogP contribution in [-0.4, -0.2) is 49.1 Å². The number of anilines is 1. The number of nitro groups is 1.